The molecule has 1 unspecified atom stereocenters. The van der Waals surface area contributed by atoms with Gasteiger partial charge in [-0.25, -0.2) is 9.78 Å². The van der Waals surface area contributed by atoms with Crippen LogP contribution in [0, 0.1) is 13.8 Å². The van der Waals surface area contributed by atoms with Crippen LogP contribution < -0.4 is 4.74 Å². The SMILES string of the molecule is CCOC(=O)C(Cc1ccc(OC(C)(C)c2sc(-c3ccc(C(F)(F)F)cc3)nc2C)cc1C)OCC. The van der Waals surface area contributed by atoms with E-state index in [1.54, 1.807) is 6.92 Å². The van der Waals surface area contributed by atoms with Gasteiger partial charge in [0.2, 0.25) is 0 Å². The molecule has 0 aliphatic carbocycles. The first-order chi connectivity index (χ1) is 17.4. The minimum absolute atomic E-state index is 0.292. The van der Waals surface area contributed by atoms with Gasteiger partial charge in [0.25, 0.3) is 0 Å². The molecule has 0 radical (unpaired) electrons. The Morgan fingerprint density at radius 1 is 1.03 bits per heavy atom. The monoisotopic (exact) mass is 535 g/mol. The average molecular weight is 536 g/mol. The van der Waals surface area contributed by atoms with Crippen LogP contribution in [0.5, 0.6) is 5.75 Å². The van der Waals surface area contributed by atoms with Crippen LogP contribution in [0.1, 0.15) is 55.0 Å². The van der Waals surface area contributed by atoms with Gasteiger partial charge in [-0.1, -0.05) is 18.2 Å². The van der Waals surface area contributed by atoms with E-state index < -0.39 is 23.4 Å². The number of ether oxygens (including phenoxy) is 3. The molecule has 200 valence electrons. The second-order valence-electron chi connectivity index (χ2n) is 9.11. The molecule has 1 aromatic heterocycles. The number of rotatable bonds is 10. The van der Waals surface area contributed by atoms with Crippen LogP contribution in [0.15, 0.2) is 42.5 Å². The van der Waals surface area contributed by atoms with Gasteiger partial charge in [-0.15, -0.1) is 11.3 Å². The van der Waals surface area contributed by atoms with Crippen LogP contribution in [0.3, 0.4) is 0 Å². The number of carbonyl (C=O) groups is 1. The fourth-order valence-corrected chi connectivity index (χ4v) is 5.14. The zero-order valence-corrected chi connectivity index (χ0v) is 22.7. The van der Waals surface area contributed by atoms with Gasteiger partial charge in [-0.05, 0) is 76.9 Å². The molecule has 0 fully saturated rings. The van der Waals surface area contributed by atoms with Crippen molar-refractivity contribution in [1.29, 1.82) is 0 Å². The fraction of sp³-hybridized carbons (Fsp3) is 0.429. The third kappa shape index (κ3) is 7.11. The van der Waals surface area contributed by atoms with Gasteiger partial charge >= 0.3 is 12.1 Å². The number of aromatic nitrogens is 1. The van der Waals surface area contributed by atoms with Crippen molar-refractivity contribution in [2.24, 2.45) is 0 Å². The van der Waals surface area contributed by atoms with Crippen molar-refractivity contribution < 1.29 is 32.2 Å². The molecule has 37 heavy (non-hydrogen) atoms. The number of hydrogen-bond acceptors (Lipinski definition) is 6. The van der Waals surface area contributed by atoms with Crippen molar-refractivity contribution in [3.8, 4) is 16.3 Å². The van der Waals surface area contributed by atoms with E-state index in [1.165, 1.54) is 23.5 Å². The minimum Gasteiger partial charge on any atom is -0.482 e. The summed E-state index contributed by atoms with van der Waals surface area (Å²) in [5.41, 5.74) is 1.85. The molecule has 0 saturated carbocycles. The number of alkyl halides is 3. The quantitative estimate of drug-likeness (QED) is 0.256. The summed E-state index contributed by atoms with van der Waals surface area (Å²) in [7, 11) is 0. The summed E-state index contributed by atoms with van der Waals surface area (Å²) < 4.78 is 55.8. The van der Waals surface area contributed by atoms with Crippen LogP contribution >= 0.6 is 11.3 Å². The van der Waals surface area contributed by atoms with Crippen LogP contribution in [0.4, 0.5) is 13.2 Å². The Morgan fingerprint density at radius 2 is 1.70 bits per heavy atom. The number of hydrogen-bond donors (Lipinski definition) is 0. The van der Waals surface area contributed by atoms with Gasteiger partial charge in [0.05, 0.1) is 22.7 Å². The van der Waals surface area contributed by atoms with Crippen LogP contribution in [0.2, 0.25) is 0 Å². The normalized spacial score (nSPS) is 12.9. The molecule has 3 aromatic rings. The molecular weight excluding hydrogens is 503 g/mol. The highest BCUT2D eigenvalue weighted by Gasteiger charge is 2.31. The molecule has 3 rings (SSSR count). The average Bonchev–Trinajstić information content (AvgIpc) is 3.22. The summed E-state index contributed by atoms with van der Waals surface area (Å²) in [6, 6.07) is 10.7. The van der Waals surface area contributed by atoms with Gasteiger partial charge in [0.1, 0.15) is 16.4 Å². The number of aryl methyl sites for hydroxylation is 2. The Labute approximate surface area is 219 Å². The van der Waals surface area contributed by atoms with Crippen LogP contribution in [-0.2, 0) is 32.5 Å². The highest BCUT2D eigenvalue weighted by atomic mass is 32.1. The third-order valence-electron chi connectivity index (χ3n) is 5.81. The number of esters is 1. The maximum absolute atomic E-state index is 12.9. The highest BCUT2D eigenvalue weighted by molar-refractivity contribution is 7.15. The summed E-state index contributed by atoms with van der Waals surface area (Å²) in [6.45, 7) is 12.0. The first-order valence-electron chi connectivity index (χ1n) is 12.1. The van der Waals surface area contributed by atoms with E-state index in [-0.39, 0.29) is 5.97 Å². The molecule has 9 heteroatoms. The Bertz CT molecular complexity index is 1220. The van der Waals surface area contributed by atoms with Crippen LogP contribution in [-0.4, -0.2) is 30.3 Å². The predicted molar refractivity (Wildman–Crippen MR) is 138 cm³/mol. The molecule has 2 aromatic carbocycles. The first-order valence-corrected chi connectivity index (χ1v) is 12.9. The lowest BCUT2D eigenvalue weighted by atomic mass is 10.0. The van der Waals surface area contributed by atoms with Crippen molar-refractivity contribution in [3.05, 3.63) is 69.7 Å². The molecule has 0 aliphatic rings. The van der Waals surface area contributed by atoms with Gasteiger partial charge in [0, 0.05) is 18.6 Å². The summed E-state index contributed by atoms with van der Waals surface area (Å²) in [4.78, 5) is 17.7. The standard InChI is InChI=1S/C28H32F3NO4S/c1-7-34-23(26(33)35-8-2)16-20-11-14-22(15-17(20)3)36-27(5,6)24-18(4)32-25(37-24)19-9-12-21(13-10-19)28(29,30)31/h9-15,23H,7-8,16H2,1-6H3. The van der Waals surface area contributed by atoms with E-state index in [1.807, 2.05) is 52.8 Å². The van der Waals surface area contributed by atoms with E-state index >= 15 is 0 Å². The molecular formula is C28H32F3NO4S. The summed E-state index contributed by atoms with van der Waals surface area (Å²) in [5.74, 6) is 0.272. The number of benzene rings is 2. The van der Waals surface area contributed by atoms with E-state index in [0.29, 0.717) is 36.0 Å². The second kappa shape index (κ2) is 11.6. The number of nitrogens with zero attached hydrogens (tertiary/aromatic N) is 1. The Kier molecular flexibility index (Phi) is 9.02. The summed E-state index contributed by atoms with van der Waals surface area (Å²) in [6.07, 6.45) is -4.66. The first kappa shape index (κ1) is 28.7. The lowest BCUT2D eigenvalue weighted by Crippen LogP contribution is -2.29. The molecule has 0 saturated heterocycles. The van der Waals surface area contributed by atoms with Crippen LogP contribution in [0.25, 0.3) is 10.6 Å². The molecule has 0 N–H and O–H groups in total. The van der Waals surface area contributed by atoms with Gasteiger partial charge in [0.15, 0.2) is 6.10 Å². The molecule has 1 heterocycles. The van der Waals surface area contributed by atoms with Crippen molar-refractivity contribution in [2.45, 2.75) is 65.8 Å². The summed E-state index contributed by atoms with van der Waals surface area (Å²) in [5, 5.41) is 0.630. The summed E-state index contributed by atoms with van der Waals surface area (Å²) >= 11 is 1.40. The van der Waals surface area contributed by atoms with Gasteiger partial charge in [-0.3, -0.25) is 0 Å². The Hall–Kier alpha value is -2.91. The molecule has 5 nitrogen and oxygen atoms in total. The number of halogens is 3. The topological polar surface area (TPSA) is 57.7 Å². The minimum atomic E-state index is -4.38. The largest absolute Gasteiger partial charge is 0.482 e. The van der Waals surface area contributed by atoms with E-state index in [9.17, 15) is 18.0 Å². The maximum atomic E-state index is 12.9. The fourth-order valence-electron chi connectivity index (χ4n) is 4.03. The zero-order chi connectivity index (χ0) is 27.4. The van der Waals surface area contributed by atoms with Crippen molar-refractivity contribution >= 4 is 17.3 Å². The molecule has 1 atom stereocenters. The number of thiazole rings is 1. The Balaban J connectivity index is 1.78. The lowest BCUT2D eigenvalue weighted by molar-refractivity contribution is -0.156. The Morgan fingerprint density at radius 3 is 2.27 bits per heavy atom. The third-order valence-corrected chi connectivity index (χ3v) is 7.32. The van der Waals surface area contributed by atoms with E-state index in [2.05, 4.69) is 4.98 Å². The van der Waals surface area contributed by atoms with Gasteiger partial charge in [-0.2, -0.15) is 13.2 Å². The molecule has 0 spiro atoms. The van der Waals surface area contributed by atoms with Crippen molar-refractivity contribution in [1.82, 2.24) is 4.98 Å². The molecule has 0 aliphatic heterocycles. The highest BCUT2D eigenvalue weighted by Crippen LogP contribution is 2.39. The van der Waals surface area contributed by atoms with E-state index in [4.69, 9.17) is 14.2 Å². The van der Waals surface area contributed by atoms with E-state index in [0.717, 1.165) is 33.8 Å². The number of carbonyl (C=O) groups excluding carboxylic acids is 1. The maximum Gasteiger partial charge on any atom is 0.416 e. The second-order valence-corrected chi connectivity index (χ2v) is 10.1. The molecule has 0 bridgehead atoms. The van der Waals surface area contributed by atoms with Crippen molar-refractivity contribution in [3.63, 3.8) is 0 Å². The predicted octanol–water partition coefficient (Wildman–Crippen LogP) is 7.27. The smallest absolute Gasteiger partial charge is 0.416 e. The van der Waals surface area contributed by atoms with Gasteiger partial charge < -0.3 is 14.2 Å². The molecule has 0 amide bonds. The zero-order valence-electron chi connectivity index (χ0n) is 21.9. The lowest BCUT2D eigenvalue weighted by Gasteiger charge is -2.26. The van der Waals surface area contributed by atoms with Crippen molar-refractivity contribution in [2.75, 3.05) is 13.2 Å².